The van der Waals surface area contributed by atoms with Crippen LogP contribution in [-0.2, 0) is 12.0 Å². The lowest BCUT2D eigenvalue weighted by Crippen LogP contribution is -2.24. The van der Waals surface area contributed by atoms with Gasteiger partial charge in [0.25, 0.3) is 0 Å². The molecule has 0 fully saturated rings. The number of hydrogen-bond acceptors (Lipinski definition) is 3. The largest absolute Gasteiger partial charge is 0.492 e. The number of rotatable bonds is 7. The molecule has 1 aromatic heterocycles. The average molecular weight is 455 g/mol. The molecule has 0 aliphatic rings. The van der Waals surface area contributed by atoms with E-state index in [0.29, 0.717) is 18.8 Å². The zero-order chi connectivity index (χ0) is 24.0. The predicted molar refractivity (Wildman–Crippen MR) is 139 cm³/mol. The number of benzene rings is 3. The first-order valence-corrected chi connectivity index (χ1v) is 11.4. The van der Waals surface area contributed by atoms with Crippen molar-refractivity contribution >= 4 is 28.8 Å². The molecule has 0 radical (unpaired) electrons. The number of carbonyl (C=O) groups is 1. The van der Waals surface area contributed by atoms with E-state index in [4.69, 9.17) is 4.74 Å². The van der Waals surface area contributed by atoms with Crippen molar-refractivity contribution in [3.63, 3.8) is 0 Å². The van der Waals surface area contributed by atoms with E-state index in [1.165, 1.54) is 5.56 Å². The number of aromatic nitrogens is 1. The predicted octanol–water partition coefficient (Wildman–Crippen LogP) is 6.17. The molecule has 0 bridgehead atoms. The molecule has 3 aromatic carbocycles. The second kappa shape index (κ2) is 10.3. The fourth-order valence-corrected chi connectivity index (χ4v) is 3.72. The van der Waals surface area contributed by atoms with Gasteiger partial charge in [0.05, 0.1) is 12.8 Å². The Morgan fingerprint density at radius 2 is 1.68 bits per heavy atom. The number of hydrogen-bond donors (Lipinski definition) is 2. The van der Waals surface area contributed by atoms with Gasteiger partial charge in [0, 0.05) is 28.4 Å². The maximum atomic E-state index is 12.1. The summed E-state index contributed by atoms with van der Waals surface area (Å²) in [4.78, 5) is 12.1. The molecule has 4 rings (SSSR count). The average Bonchev–Trinajstić information content (AvgIpc) is 3.17. The number of ether oxygens (including phenoxy) is 1. The quantitative estimate of drug-likeness (QED) is 0.259. The Bertz CT molecular complexity index is 1270. The standard InChI is InChI=1S/C28H30N4O2/c1-28(2,3)22-13-15-24(16-14-22)34-18-17-32-20-21(25-11-7-8-12-26(25)32)19-29-31-27(33)30-23-9-5-4-6-10-23/h4-16,19-20H,17-18H2,1-3H3,(H2,30,31,33)/b29-19-. The van der Waals surface area contributed by atoms with Crippen LogP contribution in [0.1, 0.15) is 31.9 Å². The van der Waals surface area contributed by atoms with Crippen molar-refractivity contribution in [2.24, 2.45) is 5.10 Å². The van der Waals surface area contributed by atoms with Crippen LogP contribution in [0.4, 0.5) is 10.5 Å². The van der Waals surface area contributed by atoms with E-state index in [2.05, 4.69) is 59.4 Å². The number of fused-ring (bicyclic) bond motifs is 1. The third-order valence-corrected chi connectivity index (χ3v) is 5.54. The molecule has 0 saturated heterocycles. The van der Waals surface area contributed by atoms with E-state index in [9.17, 15) is 4.79 Å². The van der Waals surface area contributed by atoms with Crippen LogP contribution in [0.3, 0.4) is 0 Å². The minimum atomic E-state index is -0.392. The summed E-state index contributed by atoms with van der Waals surface area (Å²) in [6, 6.07) is 25.3. The minimum absolute atomic E-state index is 0.123. The number of anilines is 1. The van der Waals surface area contributed by atoms with Crippen LogP contribution in [0.15, 0.2) is 90.2 Å². The molecule has 6 heteroatoms. The van der Waals surface area contributed by atoms with Crippen LogP contribution < -0.4 is 15.5 Å². The summed E-state index contributed by atoms with van der Waals surface area (Å²) < 4.78 is 8.13. The highest BCUT2D eigenvalue weighted by Gasteiger charge is 2.13. The maximum Gasteiger partial charge on any atom is 0.339 e. The number of hydrazone groups is 1. The normalized spacial score (nSPS) is 11.6. The lowest BCUT2D eigenvalue weighted by atomic mass is 9.87. The van der Waals surface area contributed by atoms with E-state index in [-0.39, 0.29) is 5.41 Å². The van der Waals surface area contributed by atoms with Crippen LogP contribution in [0.25, 0.3) is 10.9 Å². The monoisotopic (exact) mass is 454 g/mol. The van der Waals surface area contributed by atoms with Crippen LogP contribution in [0.5, 0.6) is 5.75 Å². The summed E-state index contributed by atoms with van der Waals surface area (Å²) in [5.74, 6) is 0.861. The summed E-state index contributed by atoms with van der Waals surface area (Å²) in [6.45, 7) is 7.84. The Labute approximate surface area is 200 Å². The van der Waals surface area contributed by atoms with Gasteiger partial charge in [0.15, 0.2) is 0 Å². The third kappa shape index (κ3) is 5.84. The molecule has 4 aromatic rings. The number of para-hydroxylation sites is 2. The fraction of sp³-hybridized carbons (Fsp3) is 0.214. The van der Waals surface area contributed by atoms with Crippen LogP contribution in [-0.4, -0.2) is 23.4 Å². The molecule has 6 nitrogen and oxygen atoms in total. The number of carbonyl (C=O) groups excluding carboxylic acids is 1. The Balaban J connectivity index is 1.38. The highest BCUT2D eigenvalue weighted by atomic mass is 16.5. The van der Waals surface area contributed by atoms with Gasteiger partial charge in [-0.2, -0.15) is 5.10 Å². The van der Waals surface area contributed by atoms with Gasteiger partial charge in [-0.05, 0) is 41.3 Å². The van der Waals surface area contributed by atoms with Crippen molar-refractivity contribution in [1.82, 2.24) is 9.99 Å². The summed E-state index contributed by atoms with van der Waals surface area (Å²) >= 11 is 0. The maximum absolute atomic E-state index is 12.1. The summed E-state index contributed by atoms with van der Waals surface area (Å²) in [6.07, 6.45) is 3.69. The first-order valence-electron chi connectivity index (χ1n) is 11.4. The SMILES string of the molecule is CC(C)(C)c1ccc(OCCn2cc(/C=N\NC(=O)Nc3ccccc3)c3ccccc32)cc1. The lowest BCUT2D eigenvalue weighted by Gasteiger charge is -2.19. The third-order valence-electron chi connectivity index (χ3n) is 5.54. The van der Waals surface area contributed by atoms with Crippen molar-refractivity contribution in [3.05, 3.63) is 96.2 Å². The van der Waals surface area contributed by atoms with Gasteiger partial charge in [-0.15, -0.1) is 0 Å². The number of nitrogens with one attached hydrogen (secondary N) is 2. The second-order valence-electron chi connectivity index (χ2n) is 9.11. The van der Waals surface area contributed by atoms with Gasteiger partial charge in [-0.3, -0.25) is 0 Å². The highest BCUT2D eigenvalue weighted by molar-refractivity contribution is 6.00. The Hall–Kier alpha value is -4.06. The summed E-state index contributed by atoms with van der Waals surface area (Å²) in [7, 11) is 0. The van der Waals surface area contributed by atoms with Crippen molar-refractivity contribution in [2.45, 2.75) is 32.7 Å². The minimum Gasteiger partial charge on any atom is -0.492 e. The molecule has 174 valence electrons. The number of amides is 2. The summed E-state index contributed by atoms with van der Waals surface area (Å²) in [5, 5.41) is 7.93. The first kappa shape index (κ1) is 23.1. The van der Waals surface area contributed by atoms with Gasteiger partial charge in [-0.25, -0.2) is 10.2 Å². The Morgan fingerprint density at radius 1 is 0.971 bits per heavy atom. The van der Waals surface area contributed by atoms with Crippen LogP contribution in [0, 0.1) is 0 Å². The Morgan fingerprint density at radius 3 is 2.41 bits per heavy atom. The van der Waals surface area contributed by atoms with Gasteiger partial charge >= 0.3 is 6.03 Å². The van der Waals surface area contributed by atoms with E-state index < -0.39 is 6.03 Å². The van der Waals surface area contributed by atoms with Gasteiger partial charge in [-0.1, -0.05) is 69.3 Å². The molecule has 34 heavy (non-hydrogen) atoms. The topological polar surface area (TPSA) is 67.6 Å². The van der Waals surface area contributed by atoms with Gasteiger partial charge in [0.1, 0.15) is 12.4 Å². The summed E-state index contributed by atoms with van der Waals surface area (Å²) in [5.41, 5.74) is 6.64. The number of urea groups is 1. The van der Waals surface area contributed by atoms with Gasteiger partial charge < -0.3 is 14.6 Å². The Kier molecular flexibility index (Phi) is 6.97. The molecule has 2 amide bonds. The molecular weight excluding hydrogens is 424 g/mol. The van der Waals surface area contributed by atoms with Crippen LogP contribution in [0.2, 0.25) is 0 Å². The molecule has 0 aliphatic carbocycles. The molecule has 1 heterocycles. The molecule has 0 aliphatic heterocycles. The van der Waals surface area contributed by atoms with Crippen molar-refractivity contribution in [2.75, 3.05) is 11.9 Å². The number of nitrogens with zero attached hydrogens (tertiary/aromatic N) is 2. The highest BCUT2D eigenvalue weighted by Crippen LogP contribution is 2.24. The molecule has 2 N–H and O–H groups in total. The van der Waals surface area contributed by atoms with Crippen molar-refractivity contribution in [3.8, 4) is 5.75 Å². The van der Waals surface area contributed by atoms with E-state index in [1.54, 1.807) is 6.21 Å². The first-order chi connectivity index (χ1) is 16.4. The molecule has 0 atom stereocenters. The van der Waals surface area contributed by atoms with E-state index in [1.807, 2.05) is 66.9 Å². The van der Waals surface area contributed by atoms with E-state index in [0.717, 1.165) is 22.2 Å². The zero-order valence-corrected chi connectivity index (χ0v) is 19.8. The fourth-order valence-electron chi connectivity index (χ4n) is 3.72. The van der Waals surface area contributed by atoms with Gasteiger partial charge in [0.2, 0.25) is 0 Å². The van der Waals surface area contributed by atoms with Crippen molar-refractivity contribution < 1.29 is 9.53 Å². The van der Waals surface area contributed by atoms with E-state index >= 15 is 0 Å². The second-order valence-corrected chi connectivity index (χ2v) is 9.11. The molecular formula is C28H30N4O2. The zero-order valence-electron chi connectivity index (χ0n) is 19.8. The molecule has 0 spiro atoms. The smallest absolute Gasteiger partial charge is 0.339 e. The van der Waals surface area contributed by atoms with Crippen molar-refractivity contribution in [1.29, 1.82) is 0 Å². The molecule has 0 unspecified atom stereocenters. The molecule has 0 saturated carbocycles. The van der Waals surface area contributed by atoms with Crippen LogP contribution >= 0.6 is 0 Å². The lowest BCUT2D eigenvalue weighted by molar-refractivity contribution is 0.252.